The molecule has 1 N–H and O–H groups in total. The van der Waals surface area contributed by atoms with Crippen molar-refractivity contribution in [2.24, 2.45) is 0 Å². The van der Waals surface area contributed by atoms with Crippen LogP contribution in [0.1, 0.15) is 5.56 Å². The van der Waals surface area contributed by atoms with E-state index in [9.17, 15) is 13.6 Å². The molecule has 134 valence electrons. The van der Waals surface area contributed by atoms with Gasteiger partial charge in [-0.25, -0.2) is 13.8 Å². The molecule has 0 aliphatic carbocycles. The molecule has 0 unspecified atom stereocenters. The molecule has 6 heteroatoms. The van der Waals surface area contributed by atoms with Crippen LogP contribution in [0.3, 0.4) is 0 Å². The van der Waals surface area contributed by atoms with E-state index < -0.39 is 11.6 Å². The first-order valence-electron chi connectivity index (χ1n) is 8.26. The zero-order valence-corrected chi connectivity index (χ0v) is 14.1. The number of halogens is 2. The third-order valence-corrected chi connectivity index (χ3v) is 4.12. The molecule has 0 aliphatic rings. The van der Waals surface area contributed by atoms with Gasteiger partial charge in [0, 0.05) is 11.1 Å². The van der Waals surface area contributed by atoms with Crippen LogP contribution in [-0.2, 0) is 6.61 Å². The summed E-state index contributed by atoms with van der Waals surface area (Å²) in [7, 11) is 0. The van der Waals surface area contributed by atoms with Crippen LogP contribution in [0.4, 0.5) is 8.78 Å². The standard InChI is InChI=1S/C21H14F2N2O2/c22-15-8-9-18(23)14(10-15)12-27-16-5-3-4-13(11-16)20-24-19-7-2-1-6-17(19)21(26)25-20/h1-11H,12H2,(H,24,25,26). The van der Waals surface area contributed by atoms with Crippen molar-refractivity contribution in [3.8, 4) is 17.1 Å². The summed E-state index contributed by atoms with van der Waals surface area (Å²) in [5, 5.41) is 0.509. The molecule has 0 bridgehead atoms. The molecular formula is C21H14F2N2O2. The van der Waals surface area contributed by atoms with Crippen molar-refractivity contribution in [3.05, 3.63) is 94.3 Å². The summed E-state index contributed by atoms with van der Waals surface area (Å²) in [4.78, 5) is 19.5. The third-order valence-electron chi connectivity index (χ3n) is 4.12. The average molecular weight is 364 g/mol. The summed E-state index contributed by atoms with van der Waals surface area (Å²) in [6, 6.07) is 17.2. The molecule has 0 atom stereocenters. The molecule has 0 saturated carbocycles. The van der Waals surface area contributed by atoms with E-state index in [0.717, 1.165) is 18.2 Å². The smallest absolute Gasteiger partial charge is 0.259 e. The fraction of sp³-hybridized carbons (Fsp3) is 0.0476. The summed E-state index contributed by atoms with van der Waals surface area (Å²) in [6.45, 7) is -0.116. The lowest BCUT2D eigenvalue weighted by Gasteiger charge is -2.09. The monoisotopic (exact) mass is 364 g/mol. The first-order valence-corrected chi connectivity index (χ1v) is 8.26. The van der Waals surface area contributed by atoms with Gasteiger partial charge in [-0.1, -0.05) is 24.3 Å². The van der Waals surface area contributed by atoms with E-state index in [-0.39, 0.29) is 17.7 Å². The number of ether oxygens (including phenoxy) is 1. The first kappa shape index (κ1) is 16.9. The highest BCUT2D eigenvalue weighted by Gasteiger charge is 2.08. The van der Waals surface area contributed by atoms with Crippen LogP contribution in [0.2, 0.25) is 0 Å². The fourth-order valence-electron chi connectivity index (χ4n) is 2.77. The number of nitrogens with one attached hydrogen (secondary N) is 1. The summed E-state index contributed by atoms with van der Waals surface area (Å²) < 4.78 is 32.6. The molecule has 4 aromatic rings. The van der Waals surface area contributed by atoms with Gasteiger partial charge in [0.1, 0.15) is 29.8 Å². The Morgan fingerprint density at radius 3 is 2.70 bits per heavy atom. The van der Waals surface area contributed by atoms with Crippen LogP contribution in [0.5, 0.6) is 5.75 Å². The van der Waals surface area contributed by atoms with Crippen molar-refractivity contribution in [1.82, 2.24) is 9.97 Å². The number of hydrogen-bond donors (Lipinski definition) is 1. The van der Waals surface area contributed by atoms with Gasteiger partial charge in [-0.15, -0.1) is 0 Å². The Hall–Kier alpha value is -3.54. The SMILES string of the molecule is O=c1[nH]c(-c2cccc(OCc3cc(F)ccc3F)c2)nc2ccccc12. The van der Waals surface area contributed by atoms with Gasteiger partial charge in [0.2, 0.25) is 0 Å². The van der Waals surface area contributed by atoms with E-state index in [4.69, 9.17) is 4.74 Å². The Balaban J connectivity index is 1.63. The van der Waals surface area contributed by atoms with E-state index in [2.05, 4.69) is 9.97 Å². The molecule has 3 aromatic carbocycles. The Labute approximate surface area is 153 Å². The van der Waals surface area contributed by atoms with Gasteiger partial charge in [-0.05, 0) is 42.5 Å². The molecule has 4 nitrogen and oxygen atoms in total. The summed E-state index contributed by atoms with van der Waals surface area (Å²) in [5.74, 6) is -0.206. The molecule has 1 aromatic heterocycles. The number of benzene rings is 3. The lowest BCUT2D eigenvalue weighted by molar-refractivity contribution is 0.299. The maximum Gasteiger partial charge on any atom is 0.259 e. The van der Waals surface area contributed by atoms with Crippen LogP contribution in [0, 0.1) is 11.6 Å². The highest BCUT2D eigenvalue weighted by molar-refractivity contribution is 5.79. The molecule has 0 aliphatic heterocycles. The minimum Gasteiger partial charge on any atom is -0.489 e. The predicted octanol–water partition coefficient (Wildman–Crippen LogP) is 4.45. The minimum absolute atomic E-state index is 0.116. The number of aromatic nitrogens is 2. The van der Waals surface area contributed by atoms with Crippen LogP contribution in [-0.4, -0.2) is 9.97 Å². The van der Waals surface area contributed by atoms with Crippen molar-refractivity contribution >= 4 is 10.9 Å². The number of fused-ring (bicyclic) bond motifs is 1. The van der Waals surface area contributed by atoms with Gasteiger partial charge in [0.25, 0.3) is 5.56 Å². The molecule has 0 fully saturated rings. The fourth-order valence-corrected chi connectivity index (χ4v) is 2.77. The number of rotatable bonds is 4. The number of hydrogen-bond acceptors (Lipinski definition) is 3. The molecule has 0 saturated heterocycles. The number of H-pyrrole nitrogens is 1. The molecule has 27 heavy (non-hydrogen) atoms. The van der Waals surface area contributed by atoms with Crippen LogP contribution in [0.25, 0.3) is 22.3 Å². The molecule has 0 amide bonds. The zero-order chi connectivity index (χ0) is 18.8. The number of aromatic amines is 1. The molecule has 1 heterocycles. The first-order chi connectivity index (χ1) is 13.1. The Kier molecular flexibility index (Phi) is 4.38. The average Bonchev–Trinajstić information content (AvgIpc) is 2.69. The zero-order valence-electron chi connectivity index (χ0n) is 14.1. The van der Waals surface area contributed by atoms with Gasteiger partial charge < -0.3 is 9.72 Å². The van der Waals surface area contributed by atoms with Gasteiger partial charge in [-0.3, -0.25) is 4.79 Å². The van der Waals surface area contributed by atoms with E-state index in [1.54, 1.807) is 42.5 Å². The quantitative estimate of drug-likeness (QED) is 0.582. The van der Waals surface area contributed by atoms with Crippen LogP contribution < -0.4 is 10.3 Å². The van der Waals surface area contributed by atoms with Crippen molar-refractivity contribution < 1.29 is 13.5 Å². The summed E-state index contributed by atoms with van der Waals surface area (Å²) in [6.07, 6.45) is 0. The van der Waals surface area contributed by atoms with Crippen molar-refractivity contribution in [3.63, 3.8) is 0 Å². The van der Waals surface area contributed by atoms with E-state index in [1.807, 2.05) is 6.07 Å². The van der Waals surface area contributed by atoms with Gasteiger partial charge >= 0.3 is 0 Å². The molecule has 0 spiro atoms. The van der Waals surface area contributed by atoms with Crippen molar-refractivity contribution in [1.29, 1.82) is 0 Å². The predicted molar refractivity (Wildman–Crippen MR) is 98.5 cm³/mol. The second-order valence-electron chi connectivity index (χ2n) is 5.98. The maximum atomic E-state index is 13.7. The summed E-state index contributed by atoms with van der Waals surface area (Å²) in [5.41, 5.74) is 1.13. The molecule has 0 radical (unpaired) electrons. The third kappa shape index (κ3) is 3.55. The highest BCUT2D eigenvalue weighted by Crippen LogP contribution is 2.23. The van der Waals surface area contributed by atoms with Gasteiger partial charge in [0.05, 0.1) is 10.9 Å². The molecular weight excluding hydrogens is 350 g/mol. The van der Waals surface area contributed by atoms with Gasteiger partial charge in [-0.2, -0.15) is 0 Å². The van der Waals surface area contributed by atoms with Crippen molar-refractivity contribution in [2.75, 3.05) is 0 Å². The van der Waals surface area contributed by atoms with Gasteiger partial charge in [0.15, 0.2) is 0 Å². The Morgan fingerprint density at radius 1 is 0.963 bits per heavy atom. The Morgan fingerprint density at radius 2 is 1.81 bits per heavy atom. The maximum absolute atomic E-state index is 13.7. The lowest BCUT2D eigenvalue weighted by Crippen LogP contribution is -2.09. The topological polar surface area (TPSA) is 55.0 Å². The largest absolute Gasteiger partial charge is 0.489 e. The van der Waals surface area contributed by atoms with E-state index >= 15 is 0 Å². The second-order valence-corrected chi connectivity index (χ2v) is 5.98. The van der Waals surface area contributed by atoms with E-state index in [1.165, 1.54) is 0 Å². The second kappa shape index (κ2) is 6.99. The highest BCUT2D eigenvalue weighted by atomic mass is 19.1. The number of nitrogens with zero attached hydrogens (tertiary/aromatic N) is 1. The van der Waals surface area contributed by atoms with Crippen LogP contribution in [0.15, 0.2) is 71.5 Å². The van der Waals surface area contributed by atoms with Crippen LogP contribution >= 0.6 is 0 Å². The minimum atomic E-state index is -0.534. The normalized spacial score (nSPS) is 10.9. The molecule has 4 rings (SSSR count). The summed E-state index contributed by atoms with van der Waals surface area (Å²) >= 11 is 0. The van der Waals surface area contributed by atoms with E-state index in [0.29, 0.717) is 28.0 Å². The Bertz CT molecular complexity index is 1190. The lowest BCUT2D eigenvalue weighted by atomic mass is 10.2. The van der Waals surface area contributed by atoms with Crippen molar-refractivity contribution in [2.45, 2.75) is 6.61 Å². The number of para-hydroxylation sites is 1.